The Hall–Kier alpha value is -2.31. The standard InChI is InChI=1S/C21H23N3/c1-3-10-24-13-14(8-9-22)11-16-15-6-5-7-19-21(15)17(12-20(16)24)18(4-2)23-19/h3-7,14,16,20,23H,1-2,8,10-13H2/t14-,16-,20-/m1/s1. The Morgan fingerprint density at radius 3 is 3.00 bits per heavy atom. The molecule has 0 radical (unpaired) electrons. The highest BCUT2D eigenvalue weighted by Crippen LogP contribution is 2.46. The Balaban J connectivity index is 1.84. The first-order chi connectivity index (χ1) is 11.8. The van der Waals surface area contributed by atoms with E-state index in [-0.39, 0.29) is 0 Å². The van der Waals surface area contributed by atoms with Crippen LogP contribution in [0.3, 0.4) is 0 Å². The van der Waals surface area contributed by atoms with E-state index in [0.717, 1.165) is 31.6 Å². The van der Waals surface area contributed by atoms with Gasteiger partial charge in [0.25, 0.3) is 0 Å². The number of likely N-dealkylation sites (tertiary alicyclic amines) is 1. The van der Waals surface area contributed by atoms with Crippen molar-refractivity contribution in [2.24, 2.45) is 5.92 Å². The molecule has 0 bridgehead atoms. The second-order valence-electron chi connectivity index (χ2n) is 7.08. The maximum Gasteiger partial charge on any atom is 0.0625 e. The van der Waals surface area contributed by atoms with Crippen molar-refractivity contribution in [3.63, 3.8) is 0 Å². The lowest BCUT2D eigenvalue weighted by atomic mass is 9.71. The summed E-state index contributed by atoms with van der Waals surface area (Å²) in [7, 11) is 0. The molecule has 1 saturated heterocycles. The van der Waals surface area contributed by atoms with Crippen LogP contribution in [0.4, 0.5) is 0 Å². The van der Waals surface area contributed by atoms with E-state index in [9.17, 15) is 5.26 Å². The van der Waals surface area contributed by atoms with Gasteiger partial charge in [-0.15, -0.1) is 6.58 Å². The number of hydrogen-bond donors (Lipinski definition) is 1. The smallest absolute Gasteiger partial charge is 0.0625 e. The van der Waals surface area contributed by atoms with Crippen molar-refractivity contribution in [2.75, 3.05) is 13.1 Å². The summed E-state index contributed by atoms with van der Waals surface area (Å²) < 4.78 is 0. The monoisotopic (exact) mass is 317 g/mol. The van der Waals surface area contributed by atoms with Gasteiger partial charge >= 0.3 is 0 Å². The van der Waals surface area contributed by atoms with Gasteiger partial charge in [-0.1, -0.05) is 24.8 Å². The molecule has 2 heterocycles. The highest BCUT2D eigenvalue weighted by molar-refractivity contribution is 5.91. The molecule has 0 saturated carbocycles. The molecule has 2 aliphatic rings. The van der Waals surface area contributed by atoms with Gasteiger partial charge in [-0.2, -0.15) is 5.26 Å². The zero-order valence-electron chi connectivity index (χ0n) is 14.0. The molecule has 0 unspecified atom stereocenters. The van der Waals surface area contributed by atoms with Gasteiger partial charge in [0.05, 0.1) is 6.07 Å². The molecule has 3 heteroatoms. The molecule has 1 aromatic carbocycles. The summed E-state index contributed by atoms with van der Waals surface area (Å²) in [6, 6.07) is 9.47. The Bertz CT molecular complexity index is 839. The lowest BCUT2D eigenvalue weighted by molar-refractivity contribution is 0.0982. The van der Waals surface area contributed by atoms with Gasteiger partial charge in [0.1, 0.15) is 0 Å². The van der Waals surface area contributed by atoms with E-state index >= 15 is 0 Å². The number of aromatic nitrogens is 1. The van der Waals surface area contributed by atoms with Crippen LogP contribution in [0.15, 0.2) is 37.4 Å². The number of aromatic amines is 1. The van der Waals surface area contributed by atoms with Crippen molar-refractivity contribution in [3.8, 4) is 6.07 Å². The molecule has 0 amide bonds. The molecule has 2 aromatic rings. The van der Waals surface area contributed by atoms with Gasteiger partial charge in [-0.05, 0) is 42.0 Å². The van der Waals surface area contributed by atoms with Crippen molar-refractivity contribution in [3.05, 3.63) is 54.3 Å². The summed E-state index contributed by atoms with van der Waals surface area (Å²) in [5.41, 5.74) is 5.23. The predicted octanol–water partition coefficient (Wildman–Crippen LogP) is 4.24. The van der Waals surface area contributed by atoms with E-state index in [1.165, 1.54) is 22.0 Å². The fraction of sp³-hybridized carbons (Fsp3) is 0.381. The third-order valence-electron chi connectivity index (χ3n) is 5.77. The van der Waals surface area contributed by atoms with Crippen molar-refractivity contribution < 1.29 is 0 Å². The molecule has 1 aliphatic carbocycles. The van der Waals surface area contributed by atoms with Crippen molar-refractivity contribution in [1.82, 2.24) is 9.88 Å². The largest absolute Gasteiger partial charge is 0.355 e. The zero-order chi connectivity index (χ0) is 16.7. The van der Waals surface area contributed by atoms with Crippen LogP contribution in [0.2, 0.25) is 0 Å². The van der Waals surface area contributed by atoms with E-state index in [2.05, 4.69) is 47.3 Å². The predicted molar refractivity (Wildman–Crippen MR) is 98.7 cm³/mol. The number of piperidine rings is 1. The maximum absolute atomic E-state index is 9.17. The summed E-state index contributed by atoms with van der Waals surface area (Å²) in [6.07, 6.45) is 6.74. The van der Waals surface area contributed by atoms with Crippen LogP contribution in [0.25, 0.3) is 17.0 Å². The SMILES string of the molecule is C=CCN1C[C@H](CC#N)C[C@@H]2c3cccc4[nH]c(C=C)c(c34)C[C@H]21. The average molecular weight is 317 g/mol. The van der Waals surface area contributed by atoms with E-state index in [1.54, 1.807) is 0 Å². The van der Waals surface area contributed by atoms with E-state index in [1.807, 2.05) is 12.2 Å². The summed E-state index contributed by atoms with van der Waals surface area (Å²) in [6.45, 7) is 9.82. The van der Waals surface area contributed by atoms with Gasteiger partial charge in [0.15, 0.2) is 0 Å². The van der Waals surface area contributed by atoms with Crippen LogP contribution in [0.5, 0.6) is 0 Å². The van der Waals surface area contributed by atoms with E-state index in [0.29, 0.717) is 24.3 Å². The molecule has 24 heavy (non-hydrogen) atoms. The molecule has 0 spiro atoms. The summed E-state index contributed by atoms with van der Waals surface area (Å²) in [4.78, 5) is 6.06. The highest BCUT2D eigenvalue weighted by atomic mass is 15.2. The fourth-order valence-electron chi connectivity index (χ4n) is 4.84. The minimum Gasteiger partial charge on any atom is -0.355 e. The van der Waals surface area contributed by atoms with Crippen molar-refractivity contribution in [1.29, 1.82) is 5.26 Å². The number of fused-ring (bicyclic) bond motifs is 2. The first kappa shape index (κ1) is 15.2. The van der Waals surface area contributed by atoms with Crippen LogP contribution in [0, 0.1) is 17.2 Å². The van der Waals surface area contributed by atoms with E-state index in [4.69, 9.17) is 0 Å². The quantitative estimate of drug-likeness (QED) is 0.857. The fourth-order valence-corrected chi connectivity index (χ4v) is 4.84. The number of H-pyrrole nitrogens is 1. The first-order valence-electron chi connectivity index (χ1n) is 8.74. The molecule has 4 rings (SSSR count). The van der Waals surface area contributed by atoms with Gasteiger partial charge in [0.2, 0.25) is 0 Å². The maximum atomic E-state index is 9.17. The molecule has 3 nitrogen and oxygen atoms in total. The third kappa shape index (κ3) is 2.22. The number of nitriles is 1. The summed E-state index contributed by atoms with van der Waals surface area (Å²) in [5, 5.41) is 10.6. The Morgan fingerprint density at radius 1 is 1.38 bits per heavy atom. The molecular weight excluding hydrogens is 294 g/mol. The average Bonchev–Trinajstić information content (AvgIpc) is 2.96. The Labute approximate surface area is 143 Å². The van der Waals surface area contributed by atoms with E-state index < -0.39 is 0 Å². The van der Waals surface area contributed by atoms with Crippen LogP contribution in [-0.2, 0) is 6.42 Å². The van der Waals surface area contributed by atoms with Crippen LogP contribution in [-0.4, -0.2) is 29.0 Å². The van der Waals surface area contributed by atoms with Crippen LogP contribution in [0.1, 0.15) is 35.6 Å². The number of benzene rings is 1. The second-order valence-corrected chi connectivity index (χ2v) is 7.08. The molecular formula is C21H23N3. The number of hydrogen-bond acceptors (Lipinski definition) is 2. The van der Waals surface area contributed by atoms with Crippen LogP contribution >= 0.6 is 0 Å². The lowest BCUT2D eigenvalue weighted by Gasteiger charge is -2.46. The molecule has 122 valence electrons. The molecule has 1 aliphatic heterocycles. The first-order valence-corrected chi connectivity index (χ1v) is 8.74. The normalized spacial score (nSPS) is 25.9. The molecule has 1 N–H and O–H groups in total. The zero-order valence-corrected chi connectivity index (χ0v) is 14.0. The number of nitrogens with one attached hydrogen (secondary N) is 1. The molecule has 3 atom stereocenters. The molecule has 1 fully saturated rings. The molecule has 1 aromatic heterocycles. The minimum atomic E-state index is 0.450. The second kappa shape index (κ2) is 5.96. The van der Waals surface area contributed by atoms with Crippen molar-refractivity contribution in [2.45, 2.75) is 31.2 Å². The minimum absolute atomic E-state index is 0.450. The summed E-state index contributed by atoms with van der Waals surface area (Å²) >= 11 is 0. The summed E-state index contributed by atoms with van der Waals surface area (Å²) in [5.74, 6) is 0.951. The number of rotatable bonds is 4. The highest BCUT2D eigenvalue weighted by Gasteiger charge is 2.40. The van der Waals surface area contributed by atoms with Crippen LogP contribution < -0.4 is 0 Å². The topological polar surface area (TPSA) is 42.8 Å². The van der Waals surface area contributed by atoms with Gasteiger partial charge in [-0.3, -0.25) is 4.90 Å². The van der Waals surface area contributed by atoms with Gasteiger partial charge < -0.3 is 4.98 Å². The van der Waals surface area contributed by atoms with Gasteiger partial charge in [-0.25, -0.2) is 0 Å². The van der Waals surface area contributed by atoms with Gasteiger partial charge in [0, 0.05) is 48.1 Å². The Kier molecular flexibility index (Phi) is 3.78. The Morgan fingerprint density at radius 2 is 2.25 bits per heavy atom. The number of nitrogens with zero attached hydrogens (tertiary/aromatic N) is 2. The van der Waals surface area contributed by atoms with Crippen molar-refractivity contribution >= 4 is 17.0 Å². The lowest BCUT2D eigenvalue weighted by Crippen LogP contribution is -2.50. The third-order valence-corrected chi connectivity index (χ3v) is 5.77.